The zero-order valence-electron chi connectivity index (χ0n) is 25.0. The Bertz CT molecular complexity index is 886. The number of hydrogen-bond donors (Lipinski definition) is 14. The standard InChI is InChI=1S/C23H46N6O13.C2H6O/c24-2-7-13(32)15(34)10(28)21(37-7)40-18-6(27)1-5(26)12(31)20(18)42-23-17(36)19(9(4-30)39-23)41-22-11(29)16(35)14(33)8(3-25)38-22;1-2-3/h5-23,30-36H,1-4,24-29H2;3H,2H2,1H3/t5-,6+,7-,8+,9-,10-,11-,12+,13-,14-,15-,16-,17-,18-,19-,20-,21-,22-,23+;/m1./s1. The molecule has 45 heavy (non-hydrogen) atoms. The Morgan fingerprint density at radius 3 is 1.42 bits per heavy atom. The van der Waals surface area contributed by atoms with Gasteiger partial charge in [-0.05, 0) is 13.3 Å². The summed E-state index contributed by atoms with van der Waals surface area (Å²) in [7, 11) is 0. The van der Waals surface area contributed by atoms with Gasteiger partial charge in [-0.3, -0.25) is 0 Å². The molecule has 0 bridgehead atoms. The summed E-state index contributed by atoms with van der Waals surface area (Å²) in [5.74, 6) is 0. The molecule has 4 fully saturated rings. The summed E-state index contributed by atoms with van der Waals surface area (Å²) in [5, 5.41) is 80.5. The van der Waals surface area contributed by atoms with Gasteiger partial charge in [0.05, 0.1) is 24.8 Å². The molecule has 266 valence electrons. The quantitative estimate of drug-likeness (QED) is 0.109. The second-order valence-electron chi connectivity index (χ2n) is 11.6. The van der Waals surface area contributed by atoms with Crippen LogP contribution in [0.2, 0.25) is 0 Å². The van der Waals surface area contributed by atoms with E-state index in [2.05, 4.69) is 0 Å². The van der Waals surface area contributed by atoms with Gasteiger partial charge in [0.2, 0.25) is 0 Å². The number of hydrogen-bond acceptors (Lipinski definition) is 20. The average Bonchev–Trinajstić information content (AvgIpc) is 3.31. The summed E-state index contributed by atoms with van der Waals surface area (Å²) < 4.78 is 34.6. The number of aliphatic hydroxyl groups excluding tert-OH is 8. The van der Waals surface area contributed by atoms with Gasteiger partial charge in [0.1, 0.15) is 67.1 Å². The van der Waals surface area contributed by atoms with Crippen LogP contribution in [0.4, 0.5) is 0 Å². The molecule has 19 atom stereocenters. The minimum atomic E-state index is -1.60. The number of ether oxygens (including phenoxy) is 6. The molecular formula is C25H52N6O14. The number of rotatable bonds is 9. The van der Waals surface area contributed by atoms with E-state index in [4.69, 9.17) is 67.9 Å². The van der Waals surface area contributed by atoms with Crippen LogP contribution in [0.3, 0.4) is 0 Å². The minimum absolute atomic E-state index is 0.0889. The van der Waals surface area contributed by atoms with Crippen molar-refractivity contribution in [2.75, 3.05) is 26.3 Å². The third-order valence-electron chi connectivity index (χ3n) is 8.37. The maximum atomic E-state index is 11.1. The minimum Gasteiger partial charge on any atom is -0.397 e. The lowest BCUT2D eigenvalue weighted by molar-refractivity contribution is -0.306. The van der Waals surface area contributed by atoms with Crippen LogP contribution in [0.15, 0.2) is 0 Å². The zero-order chi connectivity index (χ0) is 33.7. The summed E-state index contributed by atoms with van der Waals surface area (Å²) in [5.41, 5.74) is 35.6. The first-order valence-corrected chi connectivity index (χ1v) is 14.9. The molecule has 20 nitrogen and oxygen atoms in total. The van der Waals surface area contributed by atoms with E-state index in [0.717, 1.165) is 0 Å². The first kappa shape index (κ1) is 38.6. The Hall–Kier alpha value is -0.800. The highest BCUT2D eigenvalue weighted by atomic mass is 16.8. The molecule has 0 aromatic carbocycles. The summed E-state index contributed by atoms with van der Waals surface area (Å²) in [6, 6.07) is -4.18. The fraction of sp³-hybridized carbons (Fsp3) is 1.00. The van der Waals surface area contributed by atoms with Gasteiger partial charge in [-0.15, -0.1) is 0 Å². The average molecular weight is 661 g/mol. The van der Waals surface area contributed by atoms with E-state index in [1.54, 1.807) is 6.92 Å². The summed E-state index contributed by atoms with van der Waals surface area (Å²) in [4.78, 5) is 0. The highest BCUT2D eigenvalue weighted by Crippen LogP contribution is 2.34. The van der Waals surface area contributed by atoms with Gasteiger partial charge in [0, 0.05) is 31.8 Å². The Labute approximate surface area is 260 Å². The molecule has 0 amide bonds. The Kier molecular flexibility index (Phi) is 14.6. The summed E-state index contributed by atoms with van der Waals surface area (Å²) in [6.07, 6.45) is -19.8. The largest absolute Gasteiger partial charge is 0.397 e. The Balaban J connectivity index is 0.00000177. The first-order valence-electron chi connectivity index (χ1n) is 14.9. The van der Waals surface area contributed by atoms with Crippen LogP contribution in [0.25, 0.3) is 0 Å². The van der Waals surface area contributed by atoms with Crippen LogP contribution >= 0.6 is 0 Å². The molecule has 0 unspecified atom stereocenters. The van der Waals surface area contributed by atoms with Crippen LogP contribution in [-0.2, 0) is 28.4 Å². The molecule has 1 aliphatic carbocycles. The van der Waals surface area contributed by atoms with Gasteiger partial charge in [0.25, 0.3) is 0 Å². The Morgan fingerprint density at radius 2 is 0.978 bits per heavy atom. The molecule has 0 aromatic rings. The molecule has 1 saturated carbocycles. The van der Waals surface area contributed by atoms with Crippen molar-refractivity contribution in [3.05, 3.63) is 0 Å². The molecule has 20 N–H and O–H groups in total. The van der Waals surface area contributed by atoms with E-state index >= 15 is 0 Å². The van der Waals surface area contributed by atoms with Crippen molar-refractivity contribution >= 4 is 0 Å². The van der Waals surface area contributed by atoms with E-state index in [0.29, 0.717) is 0 Å². The molecule has 3 aliphatic heterocycles. The first-order chi connectivity index (χ1) is 21.2. The lowest BCUT2D eigenvalue weighted by atomic mass is 9.84. The molecule has 20 heteroatoms. The van der Waals surface area contributed by atoms with E-state index < -0.39 is 123 Å². The molecule has 3 heterocycles. The van der Waals surface area contributed by atoms with Crippen molar-refractivity contribution in [2.45, 2.75) is 130 Å². The molecule has 4 aliphatic rings. The summed E-state index contributed by atoms with van der Waals surface area (Å²) >= 11 is 0. The second kappa shape index (κ2) is 17.0. The maximum absolute atomic E-state index is 11.1. The molecular weight excluding hydrogens is 608 g/mol. The third kappa shape index (κ3) is 8.44. The lowest BCUT2D eigenvalue weighted by Gasteiger charge is -2.47. The van der Waals surface area contributed by atoms with Gasteiger partial charge in [-0.25, -0.2) is 0 Å². The Morgan fingerprint density at radius 1 is 0.556 bits per heavy atom. The molecule has 0 radical (unpaired) electrons. The molecule has 3 saturated heterocycles. The molecule has 0 spiro atoms. The van der Waals surface area contributed by atoms with Gasteiger partial charge >= 0.3 is 0 Å². The highest BCUT2D eigenvalue weighted by molar-refractivity contribution is 5.02. The molecule has 0 aromatic heterocycles. The second-order valence-corrected chi connectivity index (χ2v) is 11.6. The van der Waals surface area contributed by atoms with E-state index in [1.807, 2.05) is 0 Å². The maximum Gasteiger partial charge on any atom is 0.187 e. The van der Waals surface area contributed by atoms with Gasteiger partial charge < -0.3 is 104 Å². The van der Waals surface area contributed by atoms with Gasteiger partial charge in [0.15, 0.2) is 18.9 Å². The van der Waals surface area contributed by atoms with Crippen molar-refractivity contribution in [3.8, 4) is 0 Å². The van der Waals surface area contributed by atoms with Crippen molar-refractivity contribution < 1.29 is 69.3 Å². The van der Waals surface area contributed by atoms with Crippen LogP contribution in [-0.4, -0.2) is 183 Å². The van der Waals surface area contributed by atoms with Crippen LogP contribution in [0.5, 0.6) is 0 Å². The van der Waals surface area contributed by atoms with E-state index in [-0.39, 0.29) is 26.1 Å². The third-order valence-corrected chi connectivity index (χ3v) is 8.37. The fourth-order valence-corrected chi connectivity index (χ4v) is 5.74. The lowest BCUT2D eigenvalue weighted by Crippen LogP contribution is -2.68. The highest BCUT2D eigenvalue weighted by Gasteiger charge is 2.54. The van der Waals surface area contributed by atoms with Crippen molar-refractivity contribution in [3.63, 3.8) is 0 Å². The zero-order valence-corrected chi connectivity index (χ0v) is 25.0. The van der Waals surface area contributed by atoms with Crippen LogP contribution in [0, 0.1) is 0 Å². The van der Waals surface area contributed by atoms with Crippen molar-refractivity contribution in [1.29, 1.82) is 0 Å². The van der Waals surface area contributed by atoms with Gasteiger partial charge in [-0.2, -0.15) is 0 Å². The smallest absolute Gasteiger partial charge is 0.187 e. The monoisotopic (exact) mass is 660 g/mol. The fourth-order valence-electron chi connectivity index (χ4n) is 5.74. The van der Waals surface area contributed by atoms with Gasteiger partial charge in [-0.1, -0.05) is 0 Å². The molecule has 4 rings (SSSR count). The number of aliphatic hydroxyl groups is 8. The predicted molar refractivity (Wildman–Crippen MR) is 151 cm³/mol. The normalized spacial score (nSPS) is 50.6. The number of nitrogens with two attached hydrogens (primary N) is 6. The topological polar surface area (TPSA) is 373 Å². The van der Waals surface area contributed by atoms with E-state index in [9.17, 15) is 35.7 Å². The summed E-state index contributed by atoms with van der Waals surface area (Å²) in [6.45, 7) is 0.964. The predicted octanol–water partition coefficient (Wildman–Crippen LogP) is -8.90. The van der Waals surface area contributed by atoms with Crippen LogP contribution < -0.4 is 34.4 Å². The van der Waals surface area contributed by atoms with Crippen molar-refractivity contribution in [1.82, 2.24) is 0 Å². The van der Waals surface area contributed by atoms with Crippen LogP contribution in [0.1, 0.15) is 13.3 Å². The van der Waals surface area contributed by atoms with E-state index in [1.165, 1.54) is 0 Å². The SMILES string of the molecule is CCO.NC[C@@H]1O[C@H](O[C@H]2[C@@H](O)[C@H](O[C@@H]3[C@@H](O)[C@H](N)C[C@H](N)[C@H]3O[C@H]3O[C@H](CN)[C@@H](O)[C@H](O)[C@H]3N)O[C@@H]2CO)[C@H](N)[C@@H](O)[C@@H]1O. The van der Waals surface area contributed by atoms with Crippen molar-refractivity contribution in [2.24, 2.45) is 34.4 Å².